The van der Waals surface area contributed by atoms with E-state index in [2.05, 4.69) is 15.0 Å². The summed E-state index contributed by atoms with van der Waals surface area (Å²) in [5.74, 6) is -0.765. The Labute approximate surface area is 140 Å². The number of hydrogen-bond acceptors (Lipinski definition) is 6. The maximum absolute atomic E-state index is 12.3. The average Bonchev–Trinajstić information content (AvgIpc) is 3.25. The zero-order chi connectivity index (χ0) is 16.2. The van der Waals surface area contributed by atoms with Crippen LogP contribution in [0.2, 0.25) is 0 Å². The molecule has 1 aromatic carbocycles. The van der Waals surface area contributed by atoms with Gasteiger partial charge in [0.25, 0.3) is 5.91 Å². The van der Waals surface area contributed by atoms with Crippen LogP contribution < -0.4 is 5.32 Å². The zero-order valence-corrected chi connectivity index (χ0v) is 13.7. The monoisotopic (exact) mass is 344 g/mol. The number of carbonyl (C=O) groups is 2. The van der Waals surface area contributed by atoms with Crippen molar-refractivity contribution in [1.82, 2.24) is 4.98 Å². The van der Waals surface area contributed by atoms with Gasteiger partial charge >= 0.3 is 5.97 Å². The van der Waals surface area contributed by atoms with E-state index in [1.54, 1.807) is 41.0 Å². The highest BCUT2D eigenvalue weighted by Gasteiger charge is 2.13. The SMILES string of the molecule is COC(=O)c1cccc(NC(=O)c2csc(-c3ccsc3)n2)c1. The van der Waals surface area contributed by atoms with E-state index in [1.165, 1.54) is 18.4 Å². The number of nitrogens with zero attached hydrogens (tertiary/aromatic N) is 1. The van der Waals surface area contributed by atoms with Crippen molar-refractivity contribution in [3.63, 3.8) is 0 Å². The largest absolute Gasteiger partial charge is 0.465 e. The molecule has 0 bridgehead atoms. The number of thiophene rings is 1. The number of thiazole rings is 1. The molecule has 23 heavy (non-hydrogen) atoms. The summed E-state index contributed by atoms with van der Waals surface area (Å²) < 4.78 is 4.66. The van der Waals surface area contributed by atoms with Gasteiger partial charge in [0.05, 0.1) is 12.7 Å². The highest BCUT2D eigenvalue weighted by molar-refractivity contribution is 7.14. The number of amides is 1. The smallest absolute Gasteiger partial charge is 0.337 e. The Morgan fingerprint density at radius 3 is 2.83 bits per heavy atom. The van der Waals surface area contributed by atoms with Crippen LogP contribution in [0.4, 0.5) is 5.69 Å². The summed E-state index contributed by atoms with van der Waals surface area (Å²) in [7, 11) is 1.31. The molecule has 0 aliphatic heterocycles. The lowest BCUT2D eigenvalue weighted by Gasteiger charge is -2.05. The minimum absolute atomic E-state index is 0.315. The molecular weight excluding hydrogens is 332 g/mol. The van der Waals surface area contributed by atoms with Crippen molar-refractivity contribution in [2.45, 2.75) is 0 Å². The number of nitrogens with one attached hydrogen (secondary N) is 1. The highest BCUT2D eigenvalue weighted by atomic mass is 32.1. The predicted octanol–water partition coefficient (Wildman–Crippen LogP) is 3.91. The summed E-state index contributed by atoms with van der Waals surface area (Å²) in [6.07, 6.45) is 0. The van der Waals surface area contributed by atoms with Gasteiger partial charge < -0.3 is 10.1 Å². The van der Waals surface area contributed by atoms with E-state index in [0.29, 0.717) is 16.9 Å². The minimum atomic E-state index is -0.450. The fourth-order valence-electron chi connectivity index (χ4n) is 1.93. The van der Waals surface area contributed by atoms with Gasteiger partial charge in [-0.2, -0.15) is 11.3 Å². The van der Waals surface area contributed by atoms with Crippen molar-refractivity contribution in [2.75, 3.05) is 12.4 Å². The molecule has 0 radical (unpaired) electrons. The van der Waals surface area contributed by atoms with Crippen molar-refractivity contribution in [3.05, 3.63) is 57.7 Å². The molecule has 1 N–H and O–H groups in total. The van der Waals surface area contributed by atoms with Crippen molar-refractivity contribution in [2.24, 2.45) is 0 Å². The lowest BCUT2D eigenvalue weighted by molar-refractivity contribution is 0.0600. The van der Waals surface area contributed by atoms with E-state index in [9.17, 15) is 9.59 Å². The van der Waals surface area contributed by atoms with Gasteiger partial charge in [-0.15, -0.1) is 11.3 Å². The van der Waals surface area contributed by atoms with E-state index in [1.807, 2.05) is 16.8 Å². The first kappa shape index (κ1) is 15.4. The normalized spacial score (nSPS) is 10.3. The Morgan fingerprint density at radius 1 is 1.22 bits per heavy atom. The molecule has 3 aromatic rings. The van der Waals surface area contributed by atoms with Crippen LogP contribution >= 0.6 is 22.7 Å². The average molecular weight is 344 g/mol. The van der Waals surface area contributed by atoms with Crippen molar-refractivity contribution in [3.8, 4) is 10.6 Å². The molecule has 0 saturated carbocycles. The summed E-state index contributed by atoms with van der Waals surface area (Å²) in [4.78, 5) is 28.1. The first-order valence-electron chi connectivity index (χ1n) is 6.65. The molecule has 2 heterocycles. The molecular formula is C16H12N2O3S2. The number of carbonyl (C=O) groups excluding carboxylic acids is 2. The Morgan fingerprint density at radius 2 is 2.09 bits per heavy atom. The number of esters is 1. The van der Waals surface area contributed by atoms with E-state index in [-0.39, 0.29) is 5.91 Å². The number of benzene rings is 1. The standard InChI is InChI=1S/C16H12N2O3S2/c1-21-16(20)10-3-2-4-12(7-10)17-14(19)13-9-23-15(18-13)11-5-6-22-8-11/h2-9H,1H3,(H,17,19). The summed E-state index contributed by atoms with van der Waals surface area (Å²) >= 11 is 3.00. The minimum Gasteiger partial charge on any atom is -0.465 e. The molecule has 2 aromatic heterocycles. The Bertz CT molecular complexity index is 841. The van der Waals surface area contributed by atoms with Crippen molar-refractivity contribution >= 4 is 40.2 Å². The van der Waals surface area contributed by atoms with Crippen LogP contribution in [0.1, 0.15) is 20.8 Å². The molecule has 3 rings (SSSR count). The maximum Gasteiger partial charge on any atom is 0.337 e. The fourth-order valence-corrected chi connectivity index (χ4v) is 3.45. The lowest BCUT2D eigenvalue weighted by atomic mass is 10.2. The summed E-state index contributed by atoms with van der Waals surface area (Å²) in [6, 6.07) is 8.54. The first-order valence-corrected chi connectivity index (χ1v) is 8.47. The van der Waals surface area contributed by atoms with Gasteiger partial charge in [0.2, 0.25) is 0 Å². The fraction of sp³-hybridized carbons (Fsp3) is 0.0625. The van der Waals surface area contributed by atoms with Gasteiger partial charge in [-0.05, 0) is 29.6 Å². The Hall–Kier alpha value is -2.51. The van der Waals surface area contributed by atoms with Crippen LogP contribution in [-0.2, 0) is 4.74 Å². The van der Waals surface area contributed by atoms with Crippen molar-refractivity contribution in [1.29, 1.82) is 0 Å². The van der Waals surface area contributed by atoms with Crippen LogP contribution in [0.3, 0.4) is 0 Å². The number of ether oxygens (including phenoxy) is 1. The Balaban J connectivity index is 1.76. The van der Waals surface area contributed by atoms with Crippen LogP contribution in [0.15, 0.2) is 46.5 Å². The van der Waals surface area contributed by atoms with Crippen LogP contribution in [0.25, 0.3) is 10.6 Å². The van der Waals surface area contributed by atoms with Gasteiger partial charge in [-0.25, -0.2) is 9.78 Å². The van der Waals surface area contributed by atoms with Crippen LogP contribution in [0, 0.1) is 0 Å². The molecule has 0 aliphatic rings. The summed E-state index contributed by atoms with van der Waals surface area (Å²) in [5, 5.41) is 9.21. The summed E-state index contributed by atoms with van der Waals surface area (Å²) in [6.45, 7) is 0. The Kier molecular flexibility index (Phi) is 4.50. The summed E-state index contributed by atoms with van der Waals surface area (Å²) in [5.41, 5.74) is 2.25. The van der Waals surface area contributed by atoms with E-state index >= 15 is 0 Å². The molecule has 0 saturated heterocycles. The van der Waals surface area contributed by atoms with Crippen molar-refractivity contribution < 1.29 is 14.3 Å². The molecule has 0 aliphatic carbocycles. The molecule has 1 amide bonds. The zero-order valence-electron chi connectivity index (χ0n) is 12.1. The van der Waals surface area contributed by atoms with Gasteiger partial charge in [-0.1, -0.05) is 6.07 Å². The highest BCUT2D eigenvalue weighted by Crippen LogP contribution is 2.26. The number of methoxy groups -OCH3 is 1. The second kappa shape index (κ2) is 6.72. The third kappa shape index (κ3) is 3.46. The molecule has 116 valence electrons. The quantitative estimate of drug-likeness (QED) is 0.729. The van der Waals surface area contributed by atoms with Crippen LogP contribution in [0.5, 0.6) is 0 Å². The molecule has 0 fully saturated rings. The molecule has 0 unspecified atom stereocenters. The van der Waals surface area contributed by atoms with E-state index in [0.717, 1.165) is 10.6 Å². The van der Waals surface area contributed by atoms with Gasteiger partial charge in [-0.3, -0.25) is 4.79 Å². The molecule has 0 atom stereocenters. The first-order chi connectivity index (χ1) is 11.2. The second-order valence-corrected chi connectivity index (χ2v) is 6.21. The third-order valence-electron chi connectivity index (χ3n) is 3.05. The maximum atomic E-state index is 12.3. The third-order valence-corrected chi connectivity index (χ3v) is 4.62. The topological polar surface area (TPSA) is 68.3 Å². The predicted molar refractivity (Wildman–Crippen MR) is 91.2 cm³/mol. The second-order valence-electron chi connectivity index (χ2n) is 4.58. The number of aromatic nitrogens is 1. The lowest BCUT2D eigenvalue weighted by Crippen LogP contribution is -2.13. The van der Waals surface area contributed by atoms with Gasteiger partial charge in [0.1, 0.15) is 10.7 Å². The molecule has 5 nitrogen and oxygen atoms in total. The van der Waals surface area contributed by atoms with Gasteiger partial charge in [0, 0.05) is 22.0 Å². The van der Waals surface area contributed by atoms with Gasteiger partial charge in [0.15, 0.2) is 0 Å². The number of rotatable bonds is 4. The number of hydrogen-bond donors (Lipinski definition) is 1. The van der Waals surface area contributed by atoms with E-state index < -0.39 is 5.97 Å². The van der Waals surface area contributed by atoms with Crippen LogP contribution in [-0.4, -0.2) is 24.0 Å². The molecule has 7 heteroatoms. The number of anilines is 1. The van der Waals surface area contributed by atoms with E-state index in [4.69, 9.17) is 0 Å². The molecule has 0 spiro atoms.